The van der Waals surface area contributed by atoms with Crippen LogP contribution in [0.25, 0.3) is 0 Å². The summed E-state index contributed by atoms with van der Waals surface area (Å²) in [5, 5.41) is 2.61. The SMILES string of the molecule is CCCC(=O)Nc1ncc(C)cn1. The Labute approximate surface area is 77.4 Å². The molecule has 0 aliphatic rings. The van der Waals surface area contributed by atoms with Crippen molar-refractivity contribution in [3.63, 3.8) is 0 Å². The second-order valence-corrected chi connectivity index (χ2v) is 2.88. The van der Waals surface area contributed by atoms with E-state index in [4.69, 9.17) is 0 Å². The zero-order chi connectivity index (χ0) is 9.68. The summed E-state index contributed by atoms with van der Waals surface area (Å²) in [5.74, 6) is 0.343. The smallest absolute Gasteiger partial charge is 0.229 e. The molecule has 1 aromatic heterocycles. The number of nitrogens with one attached hydrogen (secondary N) is 1. The van der Waals surface area contributed by atoms with Crippen molar-refractivity contribution in [1.82, 2.24) is 9.97 Å². The summed E-state index contributed by atoms with van der Waals surface area (Å²) in [6.45, 7) is 3.85. The summed E-state index contributed by atoms with van der Waals surface area (Å²) in [4.78, 5) is 19.0. The summed E-state index contributed by atoms with van der Waals surface area (Å²) >= 11 is 0. The average Bonchev–Trinajstić information content (AvgIpc) is 2.09. The Hall–Kier alpha value is -1.45. The van der Waals surface area contributed by atoms with E-state index in [1.807, 2.05) is 13.8 Å². The number of carbonyl (C=O) groups excluding carboxylic acids is 1. The van der Waals surface area contributed by atoms with Crippen molar-refractivity contribution < 1.29 is 4.79 Å². The first kappa shape index (κ1) is 9.64. The van der Waals surface area contributed by atoms with Crippen LogP contribution in [0.5, 0.6) is 0 Å². The first-order valence-corrected chi connectivity index (χ1v) is 4.31. The Morgan fingerprint density at radius 1 is 1.46 bits per heavy atom. The Morgan fingerprint density at radius 3 is 2.62 bits per heavy atom. The number of amides is 1. The largest absolute Gasteiger partial charge is 0.295 e. The Kier molecular flexibility index (Phi) is 3.37. The fraction of sp³-hybridized carbons (Fsp3) is 0.444. The van der Waals surface area contributed by atoms with Gasteiger partial charge in [-0.15, -0.1) is 0 Å². The first-order valence-electron chi connectivity index (χ1n) is 4.31. The summed E-state index contributed by atoms with van der Waals surface area (Å²) in [7, 11) is 0. The Balaban J connectivity index is 2.54. The van der Waals surface area contributed by atoms with Crippen LogP contribution in [0.15, 0.2) is 12.4 Å². The lowest BCUT2D eigenvalue weighted by Gasteiger charge is -2.01. The molecule has 1 rings (SSSR count). The molecule has 1 amide bonds. The Bertz CT molecular complexity index is 281. The molecular weight excluding hydrogens is 166 g/mol. The van der Waals surface area contributed by atoms with Crippen molar-refractivity contribution in [2.75, 3.05) is 5.32 Å². The maximum Gasteiger partial charge on any atom is 0.229 e. The van der Waals surface area contributed by atoms with Gasteiger partial charge in [-0.05, 0) is 18.9 Å². The molecule has 0 spiro atoms. The summed E-state index contributed by atoms with van der Waals surface area (Å²) < 4.78 is 0. The number of carbonyl (C=O) groups is 1. The van der Waals surface area contributed by atoms with E-state index in [2.05, 4.69) is 15.3 Å². The van der Waals surface area contributed by atoms with Gasteiger partial charge in [0.1, 0.15) is 0 Å². The number of hydrogen-bond acceptors (Lipinski definition) is 3. The minimum atomic E-state index is -0.0358. The van der Waals surface area contributed by atoms with Crippen molar-refractivity contribution in [1.29, 1.82) is 0 Å². The van der Waals surface area contributed by atoms with E-state index in [-0.39, 0.29) is 5.91 Å². The molecule has 70 valence electrons. The molecule has 13 heavy (non-hydrogen) atoms. The van der Waals surface area contributed by atoms with Crippen molar-refractivity contribution in [3.8, 4) is 0 Å². The van der Waals surface area contributed by atoms with Crippen LogP contribution < -0.4 is 5.32 Å². The molecule has 0 atom stereocenters. The minimum Gasteiger partial charge on any atom is -0.295 e. The summed E-state index contributed by atoms with van der Waals surface area (Å²) in [6.07, 6.45) is 4.69. The van der Waals surface area contributed by atoms with Crippen LogP contribution in [-0.2, 0) is 4.79 Å². The quantitative estimate of drug-likeness (QED) is 0.765. The average molecular weight is 179 g/mol. The van der Waals surface area contributed by atoms with Crippen LogP contribution in [0.2, 0.25) is 0 Å². The van der Waals surface area contributed by atoms with E-state index in [0.29, 0.717) is 12.4 Å². The van der Waals surface area contributed by atoms with E-state index in [1.165, 1.54) is 0 Å². The molecule has 0 aliphatic heterocycles. The van der Waals surface area contributed by atoms with Crippen LogP contribution in [0, 0.1) is 6.92 Å². The molecular formula is C9H13N3O. The third kappa shape index (κ3) is 3.19. The van der Waals surface area contributed by atoms with Gasteiger partial charge < -0.3 is 0 Å². The van der Waals surface area contributed by atoms with Gasteiger partial charge >= 0.3 is 0 Å². The lowest BCUT2D eigenvalue weighted by molar-refractivity contribution is -0.116. The molecule has 0 radical (unpaired) electrons. The van der Waals surface area contributed by atoms with Crippen LogP contribution in [0.4, 0.5) is 5.95 Å². The lowest BCUT2D eigenvalue weighted by atomic mass is 10.3. The number of nitrogens with zero attached hydrogens (tertiary/aromatic N) is 2. The fourth-order valence-corrected chi connectivity index (χ4v) is 0.871. The molecule has 4 nitrogen and oxygen atoms in total. The van der Waals surface area contributed by atoms with Gasteiger partial charge in [-0.3, -0.25) is 10.1 Å². The van der Waals surface area contributed by atoms with Gasteiger partial charge in [0.05, 0.1) is 0 Å². The van der Waals surface area contributed by atoms with E-state index in [9.17, 15) is 4.79 Å². The molecule has 1 N–H and O–H groups in total. The number of aromatic nitrogens is 2. The normalized spacial score (nSPS) is 9.69. The van der Waals surface area contributed by atoms with Crippen LogP contribution in [0.3, 0.4) is 0 Å². The molecule has 0 aliphatic carbocycles. The number of aryl methyl sites for hydroxylation is 1. The molecule has 0 unspecified atom stereocenters. The van der Waals surface area contributed by atoms with Gasteiger partial charge in [-0.1, -0.05) is 6.92 Å². The van der Waals surface area contributed by atoms with Gasteiger partial charge in [-0.2, -0.15) is 0 Å². The van der Waals surface area contributed by atoms with Crippen LogP contribution in [-0.4, -0.2) is 15.9 Å². The van der Waals surface area contributed by atoms with Crippen LogP contribution in [0.1, 0.15) is 25.3 Å². The van der Waals surface area contributed by atoms with Crippen molar-refractivity contribution in [2.45, 2.75) is 26.7 Å². The summed E-state index contributed by atoms with van der Waals surface area (Å²) in [6, 6.07) is 0. The molecule has 0 fully saturated rings. The lowest BCUT2D eigenvalue weighted by Crippen LogP contribution is -2.12. The third-order valence-electron chi connectivity index (χ3n) is 1.51. The highest BCUT2D eigenvalue weighted by Crippen LogP contribution is 1.99. The van der Waals surface area contributed by atoms with E-state index < -0.39 is 0 Å². The maximum absolute atomic E-state index is 11.1. The van der Waals surface area contributed by atoms with Gasteiger partial charge in [0, 0.05) is 18.8 Å². The van der Waals surface area contributed by atoms with Gasteiger partial charge in [-0.25, -0.2) is 9.97 Å². The maximum atomic E-state index is 11.1. The van der Waals surface area contributed by atoms with Crippen molar-refractivity contribution in [3.05, 3.63) is 18.0 Å². The van der Waals surface area contributed by atoms with E-state index in [0.717, 1.165) is 12.0 Å². The predicted octanol–water partition coefficient (Wildman–Crippen LogP) is 1.52. The molecule has 0 saturated carbocycles. The van der Waals surface area contributed by atoms with Crippen molar-refractivity contribution >= 4 is 11.9 Å². The second kappa shape index (κ2) is 4.54. The number of anilines is 1. The fourth-order valence-electron chi connectivity index (χ4n) is 0.871. The van der Waals surface area contributed by atoms with Gasteiger partial charge in [0.15, 0.2) is 0 Å². The molecule has 0 saturated heterocycles. The zero-order valence-electron chi connectivity index (χ0n) is 7.87. The van der Waals surface area contributed by atoms with E-state index in [1.54, 1.807) is 12.4 Å². The monoisotopic (exact) mass is 179 g/mol. The Morgan fingerprint density at radius 2 is 2.08 bits per heavy atom. The molecule has 4 heteroatoms. The topological polar surface area (TPSA) is 54.9 Å². The van der Waals surface area contributed by atoms with Crippen LogP contribution >= 0.6 is 0 Å². The number of rotatable bonds is 3. The minimum absolute atomic E-state index is 0.0358. The van der Waals surface area contributed by atoms with E-state index >= 15 is 0 Å². The second-order valence-electron chi connectivity index (χ2n) is 2.88. The highest BCUT2D eigenvalue weighted by atomic mass is 16.1. The highest BCUT2D eigenvalue weighted by molar-refractivity contribution is 5.88. The standard InChI is InChI=1S/C9H13N3O/c1-3-4-8(13)12-9-10-5-7(2)6-11-9/h5-6H,3-4H2,1-2H3,(H,10,11,12,13). The first-order chi connectivity index (χ1) is 6.22. The predicted molar refractivity (Wildman–Crippen MR) is 50.3 cm³/mol. The molecule has 1 aromatic rings. The van der Waals surface area contributed by atoms with Crippen molar-refractivity contribution in [2.24, 2.45) is 0 Å². The molecule has 0 aromatic carbocycles. The summed E-state index contributed by atoms with van der Waals surface area (Å²) in [5.41, 5.74) is 0.980. The van der Waals surface area contributed by atoms with Gasteiger partial charge in [0.25, 0.3) is 0 Å². The van der Waals surface area contributed by atoms with Gasteiger partial charge in [0.2, 0.25) is 11.9 Å². The number of hydrogen-bond donors (Lipinski definition) is 1. The zero-order valence-corrected chi connectivity index (χ0v) is 7.87. The third-order valence-corrected chi connectivity index (χ3v) is 1.51. The molecule has 1 heterocycles. The molecule has 0 bridgehead atoms. The highest BCUT2D eigenvalue weighted by Gasteiger charge is 2.01.